The van der Waals surface area contributed by atoms with Crippen molar-refractivity contribution in [1.29, 1.82) is 0 Å². The highest BCUT2D eigenvalue weighted by atomic mass is 16.5. The lowest BCUT2D eigenvalue weighted by Gasteiger charge is -2.14. The maximum atomic E-state index is 12.3. The lowest BCUT2D eigenvalue weighted by molar-refractivity contribution is 0.248. The number of hydrogen-bond acceptors (Lipinski definition) is 7. The molecule has 0 spiro atoms. The van der Waals surface area contributed by atoms with Gasteiger partial charge in [0.05, 0.1) is 12.2 Å². The maximum Gasteiger partial charge on any atom is 0.319 e. The Morgan fingerprint density at radius 3 is 2.88 bits per heavy atom. The Kier molecular flexibility index (Phi) is 3.84. The molecule has 0 bridgehead atoms. The van der Waals surface area contributed by atoms with Crippen LogP contribution in [0.15, 0.2) is 35.5 Å². The second-order valence-corrected chi connectivity index (χ2v) is 5.78. The third kappa shape index (κ3) is 3.18. The molecule has 2 amide bonds. The second-order valence-electron chi connectivity index (χ2n) is 5.78. The van der Waals surface area contributed by atoms with E-state index in [9.17, 15) is 4.79 Å². The van der Waals surface area contributed by atoms with Gasteiger partial charge >= 0.3 is 6.03 Å². The molecule has 1 atom stereocenters. The molecule has 2 N–H and O–H groups in total. The third-order valence-corrected chi connectivity index (χ3v) is 3.85. The van der Waals surface area contributed by atoms with E-state index < -0.39 is 6.04 Å². The molecule has 10 nitrogen and oxygen atoms in total. The molecule has 3 aromatic heterocycles. The van der Waals surface area contributed by atoms with Crippen LogP contribution in [0.2, 0.25) is 0 Å². The highest BCUT2D eigenvalue weighted by molar-refractivity contribution is 5.89. The molecule has 1 aliphatic rings. The smallest absolute Gasteiger partial charge is 0.319 e. The Labute approximate surface area is 142 Å². The van der Waals surface area contributed by atoms with Gasteiger partial charge in [-0.2, -0.15) is 9.78 Å². The van der Waals surface area contributed by atoms with Crippen molar-refractivity contribution in [2.75, 3.05) is 5.32 Å². The molecular weight excluding hydrogens is 324 g/mol. The van der Waals surface area contributed by atoms with Crippen molar-refractivity contribution in [3.05, 3.63) is 42.6 Å². The van der Waals surface area contributed by atoms with Crippen LogP contribution >= 0.6 is 0 Å². The Bertz CT molecular complexity index is 871. The van der Waals surface area contributed by atoms with Gasteiger partial charge in [0.25, 0.3) is 5.95 Å². The Morgan fingerprint density at radius 2 is 2.12 bits per heavy atom. The van der Waals surface area contributed by atoms with E-state index >= 15 is 0 Å². The first-order valence-corrected chi connectivity index (χ1v) is 7.92. The number of hydrogen-bond donors (Lipinski definition) is 2. The van der Waals surface area contributed by atoms with Crippen LogP contribution in [0.3, 0.4) is 0 Å². The molecule has 3 heterocycles. The first-order valence-electron chi connectivity index (χ1n) is 7.92. The van der Waals surface area contributed by atoms with Crippen molar-refractivity contribution in [1.82, 2.24) is 35.2 Å². The largest absolute Gasteiger partial charge is 0.359 e. The maximum absolute atomic E-state index is 12.3. The molecule has 1 aliphatic carbocycles. The van der Waals surface area contributed by atoms with Gasteiger partial charge in [0.15, 0.2) is 11.6 Å². The minimum absolute atomic E-state index is 0.355. The number of nitrogens with zero attached hydrogens (tertiary/aromatic N) is 6. The lowest BCUT2D eigenvalue weighted by Crippen LogP contribution is -2.32. The number of urea groups is 1. The summed E-state index contributed by atoms with van der Waals surface area (Å²) in [5.41, 5.74) is 0.597. The van der Waals surface area contributed by atoms with Crippen LogP contribution in [0.25, 0.3) is 5.95 Å². The number of carbonyl (C=O) groups excluding carboxylic acids is 1. The van der Waals surface area contributed by atoms with Crippen molar-refractivity contribution in [2.45, 2.75) is 31.7 Å². The minimum Gasteiger partial charge on any atom is -0.359 e. The molecular formula is C15H16N8O2. The topological polar surface area (TPSA) is 124 Å². The van der Waals surface area contributed by atoms with Gasteiger partial charge in [-0.05, 0) is 25.8 Å². The molecule has 0 aliphatic heterocycles. The molecule has 25 heavy (non-hydrogen) atoms. The van der Waals surface area contributed by atoms with E-state index in [0.29, 0.717) is 23.4 Å². The Hall–Kier alpha value is -3.30. The molecule has 3 aromatic rings. The van der Waals surface area contributed by atoms with E-state index in [1.807, 2.05) is 0 Å². The predicted molar refractivity (Wildman–Crippen MR) is 86.0 cm³/mol. The fourth-order valence-electron chi connectivity index (χ4n) is 2.50. The van der Waals surface area contributed by atoms with Crippen LogP contribution < -0.4 is 10.6 Å². The first kappa shape index (κ1) is 15.2. The summed E-state index contributed by atoms with van der Waals surface area (Å²) in [4.78, 5) is 24.8. The lowest BCUT2D eigenvalue weighted by atomic mass is 10.3. The van der Waals surface area contributed by atoms with Gasteiger partial charge in [-0.3, -0.25) is 0 Å². The van der Waals surface area contributed by atoms with Crippen LogP contribution in [0.1, 0.15) is 43.3 Å². The predicted octanol–water partition coefficient (Wildman–Crippen LogP) is 1.81. The molecule has 128 valence electrons. The summed E-state index contributed by atoms with van der Waals surface area (Å²) in [6.45, 7) is 1.80. The van der Waals surface area contributed by atoms with E-state index in [1.54, 1.807) is 25.4 Å². The van der Waals surface area contributed by atoms with Gasteiger partial charge in [-0.1, -0.05) is 5.16 Å². The number of aromatic nitrogens is 6. The van der Waals surface area contributed by atoms with Crippen molar-refractivity contribution in [3.8, 4) is 5.95 Å². The van der Waals surface area contributed by atoms with Gasteiger partial charge in [0.2, 0.25) is 0 Å². The van der Waals surface area contributed by atoms with Crippen LogP contribution in [0.4, 0.5) is 10.5 Å². The minimum atomic E-state index is -0.407. The number of rotatable bonds is 5. The Morgan fingerprint density at radius 1 is 1.32 bits per heavy atom. The SMILES string of the molecule is CC(NC(=O)Nc1cnoc1C1CC1)c1ncnn1-c1ncccn1. The van der Waals surface area contributed by atoms with Gasteiger partial charge in [-0.15, -0.1) is 0 Å². The molecule has 4 rings (SSSR count). The normalized spacial score (nSPS) is 14.9. The van der Waals surface area contributed by atoms with Crippen molar-refractivity contribution < 1.29 is 9.32 Å². The van der Waals surface area contributed by atoms with E-state index in [1.165, 1.54) is 17.2 Å². The standard InChI is InChI=1S/C15H16N8O2/c1-9(13-18-8-19-23(13)14-16-5-2-6-17-14)21-15(24)22-11-7-20-25-12(11)10-3-4-10/h2,5-10H,3-4H2,1H3,(H2,21,22,24). The quantitative estimate of drug-likeness (QED) is 0.725. The monoisotopic (exact) mass is 340 g/mol. The highest BCUT2D eigenvalue weighted by Crippen LogP contribution is 2.43. The van der Waals surface area contributed by atoms with Crippen LogP contribution in [0.5, 0.6) is 0 Å². The molecule has 10 heteroatoms. The van der Waals surface area contributed by atoms with Crippen molar-refractivity contribution >= 4 is 11.7 Å². The van der Waals surface area contributed by atoms with Crippen LogP contribution in [-0.4, -0.2) is 35.9 Å². The summed E-state index contributed by atoms with van der Waals surface area (Å²) in [6.07, 6.45) is 8.25. The van der Waals surface area contributed by atoms with Crippen LogP contribution in [-0.2, 0) is 0 Å². The molecule has 0 saturated heterocycles. The zero-order valence-corrected chi connectivity index (χ0v) is 13.5. The fraction of sp³-hybridized carbons (Fsp3) is 0.333. The van der Waals surface area contributed by atoms with E-state index in [0.717, 1.165) is 18.6 Å². The number of carbonyl (C=O) groups is 1. The molecule has 0 radical (unpaired) electrons. The summed E-state index contributed by atoms with van der Waals surface area (Å²) in [5.74, 6) is 1.99. The average molecular weight is 340 g/mol. The van der Waals surface area contributed by atoms with E-state index in [2.05, 4.69) is 35.8 Å². The zero-order valence-electron chi connectivity index (χ0n) is 13.5. The highest BCUT2D eigenvalue weighted by Gasteiger charge is 2.31. The summed E-state index contributed by atoms with van der Waals surface area (Å²) >= 11 is 0. The fourth-order valence-corrected chi connectivity index (χ4v) is 2.50. The molecule has 1 saturated carbocycles. The summed E-state index contributed by atoms with van der Waals surface area (Å²) in [5, 5.41) is 13.5. The molecule has 1 fully saturated rings. The Balaban J connectivity index is 1.45. The van der Waals surface area contributed by atoms with Gasteiger partial charge in [-0.25, -0.2) is 19.7 Å². The number of amides is 2. The van der Waals surface area contributed by atoms with Gasteiger partial charge < -0.3 is 15.2 Å². The van der Waals surface area contributed by atoms with E-state index in [-0.39, 0.29) is 6.03 Å². The van der Waals surface area contributed by atoms with E-state index in [4.69, 9.17) is 4.52 Å². The molecule has 0 aromatic carbocycles. The average Bonchev–Trinajstić information content (AvgIpc) is 3.16. The summed E-state index contributed by atoms with van der Waals surface area (Å²) in [6, 6.07) is 0.933. The van der Waals surface area contributed by atoms with Crippen molar-refractivity contribution in [3.63, 3.8) is 0 Å². The summed E-state index contributed by atoms with van der Waals surface area (Å²) < 4.78 is 6.69. The van der Waals surface area contributed by atoms with Crippen molar-refractivity contribution in [2.24, 2.45) is 0 Å². The molecule has 1 unspecified atom stereocenters. The number of nitrogens with one attached hydrogen (secondary N) is 2. The van der Waals surface area contributed by atoms with Crippen LogP contribution in [0, 0.1) is 0 Å². The van der Waals surface area contributed by atoms with Gasteiger partial charge in [0, 0.05) is 18.3 Å². The number of anilines is 1. The zero-order chi connectivity index (χ0) is 17.2. The third-order valence-electron chi connectivity index (χ3n) is 3.85. The second kappa shape index (κ2) is 6.30. The first-order chi connectivity index (χ1) is 12.2. The summed E-state index contributed by atoms with van der Waals surface area (Å²) in [7, 11) is 0. The van der Waals surface area contributed by atoms with Gasteiger partial charge in [0.1, 0.15) is 12.0 Å².